The zero-order valence-corrected chi connectivity index (χ0v) is 9.62. The van der Waals surface area contributed by atoms with Crippen LogP contribution in [-0.2, 0) is 4.79 Å². The first kappa shape index (κ1) is 12.4. The Hall–Kier alpha value is -1.68. The third-order valence-electron chi connectivity index (χ3n) is 2.37. The molecule has 0 aliphatic heterocycles. The fraction of sp³-hybridized carbons (Fsp3) is 0.182. The largest absolute Gasteiger partial charge is 0.276 e. The van der Waals surface area contributed by atoms with Crippen molar-refractivity contribution in [3.05, 3.63) is 45.5 Å². The van der Waals surface area contributed by atoms with Gasteiger partial charge in [-0.05, 0) is 48.7 Å². The number of nitrogens with zero attached hydrogens (tertiary/aromatic N) is 1. The Morgan fingerprint density at radius 3 is 2.12 bits per heavy atom. The molecule has 0 atom stereocenters. The van der Waals surface area contributed by atoms with Crippen molar-refractivity contribution in [2.24, 2.45) is 0 Å². The Morgan fingerprint density at radius 1 is 1.25 bits per heavy atom. The summed E-state index contributed by atoms with van der Waals surface area (Å²) >= 11 is 5.35. The molecular weight excluding hydrogens is 230 g/mol. The Balaban J connectivity index is 3.12. The van der Waals surface area contributed by atoms with E-state index in [2.05, 4.69) is 0 Å². The second-order valence-electron chi connectivity index (χ2n) is 3.33. The van der Waals surface area contributed by atoms with Crippen LogP contribution >= 0.6 is 11.6 Å². The van der Waals surface area contributed by atoms with Crippen molar-refractivity contribution in [3.63, 3.8) is 0 Å². The molecule has 0 spiro atoms. The summed E-state index contributed by atoms with van der Waals surface area (Å²) in [5.74, 6) is 0. The Kier molecular flexibility index (Phi) is 3.79. The minimum absolute atomic E-state index is 0.0198. The van der Waals surface area contributed by atoms with Crippen molar-refractivity contribution in [3.8, 4) is 0 Å². The van der Waals surface area contributed by atoms with E-state index in [0.717, 1.165) is 11.1 Å². The summed E-state index contributed by atoms with van der Waals surface area (Å²) in [5.41, 5.74) is 1.92. The van der Waals surface area contributed by atoms with Gasteiger partial charge in [0.15, 0.2) is 0 Å². The van der Waals surface area contributed by atoms with E-state index < -0.39 is 10.2 Å². The zero-order valence-electron chi connectivity index (χ0n) is 8.86. The normalized spacial score (nSPS) is 11.9. The van der Waals surface area contributed by atoms with Gasteiger partial charge in [-0.15, -0.1) is 0 Å². The summed E-state index contributed by atoms with van der Waals surface area (Å²) in [6.45, 7) is 3.36. The average Bonchev–Trinajstić information content (AvgIpc) is 2.27. The lowest BCUT2D eigenvalue weighted by Gasteiger charge is -2.03. The van der Waals surface area contributed by atoms with E-state index in [4.69, 9.17) is 11.6 Å². The molecule has 4 nitrogen and oxygen atoms in total. The number of nitro benzene ring substituents is 1. The third-order valence-corrected chi connectivity index (χ3v) is 2.65. The first-order valence-corrected chi connectivity index (χ1v) is 4.93. The van der Waals surface area contributed by atoms with Crippen molar-refractivity contribution < 1.29 is 9.72 Å². The van der Waals surface area contributed by atoms with Gasteiger partial charge in [-0.1, -0.05) is 0 Å². The van der Waals surface area contributed by atoms with Gasteiger partial charge in [-0.2, -0.15) is 0 Å². The molecule has 0 aliphatic carbocycles. The standard InChI is InChI=1S/C11H10ClNO3/c1-7(8(2)11(12)14)9-3-5-10(6-4-9)13(15)16/h3-6H,1-2H3/b8-7-. The molecule has 0 aliphatic rings. The summed E-state index contributed by atoms with van der Waals surface area (Å²) in [4.78, 5) is 20.9. The molecule has 0 saturated carbocycles. The third kappa shape index (κ3) is 2.67. The van der Waals surface area contributed by atoms with Crippen LogP contribution in [0, 0.1) is 10.1 Å². The number of non-ortho nitro benzene ring substituents is 1. The molecular formula is C11H10ClNO3. The van der Waals surface area contributed by atoms with Gasteiger partial charge in [0.2, 0.25) is 5.24 Å². The minimum atomic E-state index is -0.518. The van der Waals surface area contributed by atoms with Gasteiger partial charge in [0.25, 0.3) is 5.69 Å². The van der Waals surface area contributed by atoms with Gasteiger partial charge >= 0.3 is 0 Å². The van der Waals surface area contributed by atoms with Crippen LogP contribution in [-0.4, -0.2) is 10.2 Å². The molecule has 84 valence electrons. The second-order valence-corrected chi connectivity index (χ2v) is 3.67. The Morgan fingerprint density at radius 2 is 1.75 bits per heavy atom. The molecule has 0 unspecified atom stereocenters. The molecule has 0 aromatic heterocycles. The quantitative estimate of drug-likeness (QED) is 0.352. The summed E-state index contributed by atoms with van der Waals surface area (Å²) in [5, 5.41) is 9.92. The van der Waals surface area contributed by atoms with E-state index in [9.17, 15) is 14.9 Å². The smallest absolute Gasteiger partial charge is 0.269 e. The molecule has 0 heterocycles. The molecule has 1 aromatic rings. The fourth-order valence-corrected chi connectivity index (χ4v) is 1.34. The number of carbonyl (C=O) groups excluding carboxylic acids is 1. The fourth-order valence-electron chi connectivity index (χ4n) is 1.20. The number of hydrogen-bond donors (Lipinski definition) is 0. The van der Waals surface area contributed by atoms with E-state index in [1.165, 1.54) is 12.1 Å². The van der Waals surface area contributed by atoms with E-state index in [1.54, 1.807) is 26.0 Å². The number of halogens is 1. The minimum Gasteiger partial charge on any atom is -0.276 e. The van der Waals surface area contributed by atoms with Gasteiger partial charge in [0.1, 0.15) is 0 Å². The van der Waals surface area contributed by atoms with Crippen molar-refractivity contribution in [2.75, 3.05) is 0 Å². The van der Waals surface area contributed by atoms with Crippen LogP contribution in [0.15, 0.2) is 29.8 Å². The molecule has 0 radical (unpaired) electrons. The van der Waals surface area contributed by atoms with Crippen LogP contribution < -0.4 is 0 Å². The van der Waals surface area contributed by atoms with Crippen LogP contribution in [0.4, 0.5) is 5.69 Å². The monoisotopic (exact) mass is 239 g/mol. The molecule has 16 heavy (non-hydrogen) atoms. The van der Waals surface area contributed by atoms with E-state index in [1.807, 2.05) is 0 Å². The highest BCUT2D eigenvalue weighted by atomic mass is 35.5. The van der Waals surface area contributed by atoms with Crippen molar-refractivity contribution in [2.45, 2.75) is 13.8 Å². The lowest BCUT2D eigenvalue weighted by atomic mass is 10.0. The van der Waals surface area contributed by atoms with Crippen molar-refractivity contribution >= 4 is 28.1 Å². The first-order valence-electron chi connectivity index (χ1n) is 4.55. The van der Waals surface area contributed by atoms with Crippen LogP contribution in [0.2, 0.25) is 0 Å². The number of allylic oxidation sites excluding steroid dienone is 2. The highest BCUT2D eigenvalue weighted by Crippen LogP contribution is 2.22. The van der Waals surface area contributed by atoms with Gasteiger partial charge in [0.05, 0.1) is 4.92 Å². The number of hydrogen-bond acceptors (Lipinski definition) is 3. The predicted octanol–water partition coefficient (Wildman–Crippen LogP) is 3.15. The van der Waals surface area contributed by atoms with Gasteiger partial charge in [-0.3, -0.25) is 14.9 Å². The van der Waals surface area contributed by atoms with Crippen molar-refractivity contribution in [1.82, 2.24) is 0 Å². The van der Waals surface area contributed by atoms with Crippen LogP contribution in [0.5, 0.6) is 0 Å². The van der Waals surface area contributed by atoms with E-state index in [0.29, 0.717) is 5.57 Å². The topological polar surface area (TPSA) is 60.2 Å². The Bertz CT molecular complexity index is 463. The summed E-state index contributed by atoms with van der Waals surface area (Å²) < 4.78 is 0. The highest BCUT2D eigenvalue weighted by Gasteiger charge is 2.08. The van der Waals surface area contributed by atoms with E-state index >= 15 is 0 Å². The number of nitro groups is 1. The first-order chi connectivity index (χ1) is 7.43. The lowest BCUT2D eigenvalue weighted by molar-refractivity contribution is -0.384. The average molecular weight is 240 g/mol. The number of rotatable bonds is 3. The molecule has 0 bridgehead atoms. The molecule has 1 rings (SSSR count). The summed E-state index contributed by atoms with van der Waals surface area (Å²) in [6.07, 6.45) is 0. The summed E-state index contributed by atoms with van der Waals surface area (Å²) in [6, 6.07) is 5.98. The SMILES string of the molecule is C/C(C(=O)Cl)=C(\C)c1ccc([N+](=O)[O-])cc1. The maximum Gasteiger partial charge on any atom is 0.269 e. The highest BCUT2D eigenvalue weighted by molar-refractivity contribution is 6.68. The number of carbonyl (C=O) groups is 1. The second kappa shape index (κ2) is 4.90. The summed E-state index contributed by atoms with van der Waals surface area (Å²) in [7, 11) is 0. The van der Waals surface area contributed by atoms with Crippen LogP contribution in [0.1, 0.15) is 19.4 Å². The van der Waals surface area contributed by atoms with Crippen LogP contribution in [0.3, 0.4) is 0 Å². The molecule has 0 amide bonds. The van der Waals surface area contributed by atoms with Gasteiger partial charge in [-0.25, -0.2) is 0 Å². The molecule has 0 saturated heterocycles. The number of benzene rings is 1. The maximum atomic E-state index is 10.9. The van der Waals surface area contributed by atoms with Gasteiger partial charge < -0.3 is 0 Å². The molecule has 5 heteroatoms. The predicted molar refractivity (Wildman–Crippen MR) is 62.2 cm³/mol. The molecule has 0 fully saturated rings. The molecule has 1 aromatic carbocycles. The van der Waals surface area contributed by atoms with E-state index in [-0.39, 0.29) is 5.69 Å². The lowest BCUT2D eigenvalue weighted by Crippen LogP contribution is -1.93. The zero-order chi connectivity index (χ0) is 12.3. The van der Waals surface area contributed by atoms with Crippen LogP contribution in [0.25, 0.3) is 5.57 Å². The maximum absolute atomic E-state index is 10.9. The van der Waals surface area contributed by atoms with Gasteiger partial charge in [0, 0.05) is 17.7 Å². The molecule has 0 N–H and O–H groups in total. The Labute approximate surface area is 97.7 Å². The van der Waals surface area contributed by atoms with Crippen molar-refractivity contribution in [1.29, 1.82) is 0 Å².